The monoisotopic (exact) mass is 409 g/mol. The van der Waals surface area contributed by atoms with Gasteiger partial charge >= 0.3 is 4.87 Å². The molecular weight excluding hydrogens is 394 g/mol. The fraction of sp³-hybridized carbons (Fsp3) is 0.200. The first kappa shape index (κ1) is 17.4. The Kier molecular flexibility index (Phi) is 3.99. The van der Waals surface area contributed by atoms with Crippen molar-refractivity contribution < 1.29 is 9.59 Å². The quantitative estimate of drug-likeness (QED) is 0.658. The molecule has 1 N–H and O–H groups in total. The molecule has 0 bridgehead atoms. The van der Waals surface area contributed by atoms with Crippen molar-refractivity contribution in [3.05, 3.63) is 74.5 Å². The average Bonchev–Trinajstić information content (AvgIpc) is 3.18. The smallest absolute Gasteiger partial charge is 0.305 e. The maximum atomic E-state index is 13.4. The number of aromatic amines is 1. The highest BCUT2D eigenvalue weighted by atomic mass is 32.2. The molecule has 28 heavy (non-hydrogen) atoms. The lowest BCUT2D eigenvalue weighted by Crippen LogP contribution is -2.32. The van der Waals surface area contributed by atoms with Gasteiger partial charge in [-0.1, -0.05) is 46.9 Å². The van der Waals surface area contributed by atoms with Crippen molar-refractivity contribution in [3.63, 3.8) is 0 Å². The molecule has 2 amide bonds. The van der Waals surface area contributed by atoms with Crippen LogP contribution in [0.15, 0.2) is 58.6 Å². The lowest BCUT2D eigenvalue weighted by molar-refractivity contribution is -0.122. The second kappa shape index (κ2) is 6.42. The Morgan fingerprint density at radius 1 is 1.07 bits per heavy atom. The van der Waals surface area contributed by atoms with Crippen LogP contribution < -0.4 is 9.77 Å². The number of anilines is 1. The van der Waals surface area contributed by atoms with Crippen LogP contribution in [-0.4, -0.2) is 27.0 Å². The van der Waals surface area contributed by atoms with Crippen LogP contribution in [-0.2, 0) is 9.59 Å². The van der Waals surface area contributed by atoms with Crippen LogP contribution >= 0.6 is 23.1 Å². The van der Waals surface area contributed by atoms with E-state index in [9.17, 15) is 14.4 Å². The summed E-state index contributed by atoms with van der Waals surface area (Å²) in [6.07, 6.45) is 3.37. The molecule has 3 aromatic rings. The summed E-state index contributed by atoms with van der Waals surface area (Å²) in [5.74, 6) is -1.41. The summed E-state index contributed by atoms with van der Waals surface area (Å²) < 4.78 is 0. The van der Waals surface area contributed by atoms with Gasteiger partial charge in [0.15, 0.2) is 0 Å². The van der Waals surface area contributed by atoms with Crippen LogP contribution in [0.3, 0.4) is 0 Å². The number of hydrogen-bond acceptors (Lipinski definition) is 6. The predicted molar refractivity (Wildman–Crippen MR) is 108 cm³/mol. The molecule has 8 heteroatoms. The number of fused-ring (bicyclic) bond motifs is 2. The maximum Gasteiger partial charge on any atom is 0.305 e. The third kappa shape index (κ3) is 2.56. The maximum absolute atomic E-state index is 13.4. The van der Waals surface area contributed by atoms with Crippen molar-refractivity contribution in [2.75, 3.05) is 4.90 Å². The Morgan fingerprint density at radius 3 is 2.57 bits per heavy atom. The fourth-order valence-electron chi connectivity index (χ4n) is 3.88. The van der Waals surface area contributed by atoms with Crippen LogP contribution in [0.5, 0.6) is 0 Å². The van der Waals surface area contributed by atoms with Gasteiger partial charge in [-0.15, -0.1) is 0 Å². The minimum atomic E-state index is -0.572. The molecule has 6 nitrogen and oxygen atoms in total. The third-order valence-electron chi connectivity index (χ3n) is 5.16. The Bertz CT molecular complexity index is 1140. The van der Waals surface area contributed by atoms with Gasteiger partial charge in [-0.25, -0.2) is 4.90 Å². The summed E-state index contributed by atoms with van der Waals surface area (Å²) in [5, 5.41) is 0.105. The molecule has 0 aliphatic carbocycles. The first-order valence-corrected chi connectivity index (χ1v) is 10.5. The van der Waals surface area contributed by atoms with E-state index in [1.165, 1.54) is 16.7 Å². The molecule has 1 saturated heterocycles. The van der Waals surface area contributed by atoms with E-state index in [0.717, 1.165) is 27.3 Å². The number of amides is 2. The van der Waals surface area contributed by atoms with Crippen molar-refractivity contribution in [1.29, 1.82) is 0 Å². The predicted octanol–water partition coefficient (Wildman–Crippen LogP) is 2.94. The molecule has 0 unspecified atom stereocenters. The molecular formula is C20H15N3O3S2. The molecule has 2 aliphatic rings. The van der Waals surface area contributed by atoms with Crippen LogP contribution in [0.4, 0.5) is 5.69 Å². The summed E-state index contributed by atoms with van der Waals surface area (Å²) in [4.78, 5) is 47.5. The highest BCUT2D eigenvalue weighted by molar-refractivity contribution is 8.00. The lowest BCUT2D eigenvalue weighted by atomic mass is 9.84. The number of hydrogen-bond donors (Lipinski definition) is 1. The normalized spacial score (nSPS) is 23.6. The van der Waals surface area contributed by atoms with Crippen LogP contribution in [0.1, 0.15) is 21.9 Å². The number of thiazole rings is 1. The molecule has 3 atom stereocenters. The molecule has 0 spiro atoms. The number of rotatable bonds is 2. The SMILES string of the molecule is Cc1ccc(N2C(=O)[C@H]3[C@H](c4cccnc4)c4sc(=O)[nH]c4S[C@H]3C2=O)cc1. The van der Waals surface area contributed by atoms with Gasteiger partial charge in [0.1, 0.15) is 5.25 Å². The summed E-state index contributed by atoms with van der Waals surface area (Å²) in [6, 6.07) is 11.1. The van der Waals surface area contributed by atoms with Gasteiger partial charge < -0.3 is 4.98 Å². The first-order valence-electron chi connectivity index (χ1n) is 8.78. The van der Waals surface area contributed by atoms with Gasteiger partial charge in [0.2, 0.25) is 11.8 Å². The highest BCUT2D eigenvalue weighted by Gasteiger charge is 2.56. The second-order valence-corrected chi connectivity index (χ2v) is 9.05. The van der Waals surface area contributed by atoms with Gasteiger partial charge in [-0.3, -0.25) is 19.4 Å². The molecule has 140 valence electrons. The number of thioether (sulfide) groups is 1. The summed E-state index contributed by atoms with van der Waals surface area (Å²) in [6.45, 7) is 1.96. The molecule has 1 fully saturated rings. The standard InChI is InChI=1S/C20H15N3O3S2/c1-10-4-6-12(7-5-10)23-18(24)14-13(11-3-2-8-21-9-11)15-17(22-20(26)28-15)27-16(14)19(23)25/h2-9,13-14,16H,1H3,(H,22,26)/t13-,14-,16+/m0/s1. The molecule has 2 aromatic heterocycles. The van der Waals surface area contributed by atoms with E-state index in [-0.39, 0.29) is 22.6 Å². The second-order valence-electron chi connectivity index (χ2n) is 6.88. The van der Waals surface area contributed by atoms with Crippen LogP contribution in [0.2, 0.25) is 0 Å². The molecule has 2 aliphatic heterocycles. The lowest BCUT2D eigenvalue weighted by Gasteiger charge is -2.29. The van der Waals surface area contributed by atoms with E-state index in [1.807, 2.05) is 25.1 Å². The van der Waals surface area contributed by atoms with Gasteiger partial charge in [0, 0.05) is 23.2 Å². The van der Waals surface area contributed by atoms with Gasteiger partial charge in [-0.2, -0.15) is 0 Å². The topological polar surface area (TPSA) is 83.1 Å². The van der Waals surface area contributed by atoms with Crippen molar-refractivity contribution in [1.82, 2.24) is 9.97 Å². The van der Waals surface area contributed by atoms with E-state index in [2.05, 4.69) is 9.97 Å². The van der Waals surface area contributed by atoms with Crippen molar-refractivity contribution >= 4 is 40.6 Å². The van der Waals surface area contributed by atoms with Gasteiger partial charge in [-0.05, 0) is 30.7 Å². The number of carbonyl (C=O) groups excluding carboxylic acids is 2. The van der Waals surface area contributed by atoms with Crippen LogP contribution in [0.25, 0.3) is 0 Å². The first-order chi connectivity index (χ1) is 13.5. The summed E-state index contributed by atoms with van der Waals surface area (Å²) >= 11 is 2.39. The van der Waals surface area contributed by atoms with E-state index in [0.29, 0.717) is 10.7 Å². The number of aromatic nitrogens is 2. The van der Waals surface area contributed by atoms with E-state index in [1.54, 1.807) is 30.6 Å². The minimum absolute atomic E-state index is 0.179. The fourth-order valence-corrected chi connectivity index (χ4v) is 6.40. The summed E-state index contributed by atoms with van der Waals surface area (Å²) in [5.41, 5.74) is 2.47. The zero-order valence-corrected chi connectivity index (χ0v) is 16.4. The number of nitrogens with zero attached hydrogens (tertiary/aromatic N) is 2. The van der Waals surface area contributed by atoms with Crippen molar-refractivity contribution in [2.45, 2.75) is 23.1 Å². The minimum Gasteiger partial charge on any atom is -0.307 e. The van der Waals surface area contributed by atoms with Crippen molar-refractivity contribution in [2.24, 2.45) is 5.92 Å². The van der Waals surface area contributed by atoms with E-state index < -0.39 is 11.2 Å². The van der Waals surface area contributed by atoms with Gasteiger partial charge in [0.25, 0.3) is 0 Å². The Hall–Kier alpha value is -2.71. The molecule has 5 rings (SSSR count). The number of carbonyl (C=O) groups is 2. The molecule has 0 radical (unpaired) electrons. The zero-order chi connectivity index (χ0) is 19.4. The Labute approximate surface area is 168 Å². The highest BCUT2D eigenvalue weighted by Crippen LogP contribution is 2.52. The number of nitrogens with one attached hydrogen (secondary N) is 1. The third-order valence-corrected chi connectivity index (χ3v) is 7.56. The van der Waals surface area contributed by atoms with E-state index in [4.69, 9.17) is 0 Å². The molecule has 4 heterocycles. The van der Waals surface area contributed by atoms with Gasteiger partial charge in [0.05, 0.1) is 16.6 Å². The van der Waals surface area contributed by atoms with Crippen LogP contribution in [0, 0.1) is 12.8 Å². The number of aryl methyl sites for hydroxylation is 1. The summed E-state index contributed by atoms with van der Waals surface area (Å²) in [7, 11) is 0. The largest absolute Gasteiger partial charge is 0.307 e. The van der Waals surface area contributed by atoms with Crippen molar-refractivity contribution in [3.8, 4) is 0 Å². The number of benzene rings is 1. The molecule has 0 saturated carbocycles. The Morgan fingerprint density at radius 2 is 1.86 bits per heavy atom. The molecule has 1 aromatic carbocycles. The number of pyridine rings is 1. The van der Waals surface area contributed by atoms with E-state index >= 15 is 0 Å². The number of imide groups is 1. The number of H-pyrrole nitrogens is 1. The average molecular weight is 409 g/mol. The Balaban J connectivity index is 1.65. The zero-order valence-electron chi connectivity index (χ0n) is 14.8.